The average molecular weight is 423 g/mol. The lowest BCUT2D eigenvalue weighted by Gasteiger charge is -2.40. The number of carbonyl (C=O) groups is 2. The van der Waals surface area contributed by atoms with Crippen molar-refractivity contribution in [3.05, 3.63) is 58.8 Å². The molecule has 0 bridgehead atoms. The standard InChI is InChI=1S/C22H25N5O4/c1-2-27-16-8-7-15(12-17(16)31-21(27)30)25-19(28)13-26-11-5-9-22(14-26,20(23)29)18-6-3-4-10-24-18/h3-4,6-8,10,12H,2,5,9,11,13-14H2,1H3,(H2,23,29)(H,25,28)/t22-/m0/s1. The Morgan fingerprint density at radius 3 is 2.84 bits per heavy atom. The van der Waals surface area contributed by atoms with Crippen LogP contribution < -0.4 is 16.8 Å². The van der Waals surface area contributed by atoms with E-state index >= 15 is 0 Å². The highest BCUT2D eigenvalue weighted by molar-refractivity contribution is 5.94. The molecule has 2 aromatic heterocycles. The fraction of sp³-hybridized carbons (Fsp3) is 0.364. The summed E-state index contributed by atoms with van der Waals surface area (Å²) in [6, 6.07) is 10.6. The van der Waals surface area contributed by atoms with Crippen LogP contribution in [0.3, 0.4) is 0 Å². The number of pyridine rings is 1. The Hall–Kier alpha value is -3.46. The van der Waals surface area contributed by atoms with Gasteiger partial charge in [-0.3, -0.25) is 24.0 Å². The normalized spacial score (nSPS) is 19.4. The van der Waals surface area contributed by atoms with Crippen LogP contribution in [0.4, 0.5) is 5.69 Å². The summed E-state index contributed by atoms with van der Waals surface area (Å²) >= 11 is 0. The van der Waals surface area contributed by atoms with Crippen LogP contribution in [0.15, 0.2) is 51.8 Å². The number of nitrogens with one attached hydrogen (secondary N) is 1. The van der Waals surface area contributed by atoms with Crippen molar-refractivity contribution in [2.45, 2.75) is 31.7 Å². The van der Waals surface area contributed by atoms with Gasteiger partial charge in [0, 0.05) is 31.0 Å². The molecule has 0 saturated carbocycles. The molecule has 162 valence electrons. The van der Waals surface area contributed by atoms with E-state index in [0.717, 1.165) is 6.42 Å². The van der Waals surface area contributed by atoms with Gasteiger partial charge in [0.05, 0.1) is 17.8 Å². The van der Waals surface area contributed by atoms with E-state index in [0.29, 0.717) is 48.5 Å². The summed E-state index contributed by atoms with van der Waals surface area (Å²) in [6.45, 7) is 3.49. The number of fused-ring (bicyclic) bond motifs is 1. The smallest absolute Gasteiger partial charge is 0.408 e. The maximum atomic E-state index is 12.7. The third-order valence-corrected chi connectivity index (χ3v) is 5.83. The molecule has 0 unspecified atom stereocenters. The summed E-state index contributed by atoms with van der Waals surface area (Å²) in [5.41, 5.74) is 7.15. The summed E-state index contributed by atoms with van der Waals surface area (Å²) in [5.74, 6) is -1.08. The Morgan fingerprint density at radius 1 is 1.29 bits per heavy atom. The second kappa shape index (κ2) is 8.35. The first kappa shape index (κ1) is 20.8. The van der Waals surface area contributed by atoms with Crippen LogP contribution >= 0.6 is 0 Å². The van der Waals surface area contributed by atoms with Crippen LogP contribution in [0, 0.1) is 0 Å². The predicted molar refractivity (Wildman–Crippen MR) is 116 cm³/mol. The maximum absolute atomic E-state index is 12.7. The van der Waals surface area contributed by atoms with Gasteiger partial charge in [0.1, 0.15) is 5.41 Å². The van der Waals surface area contributed by atoms with Crippen molar-refractivity contribution < 1.29 is 14.0 Å². The molecule has 1 saturated heterocycles. The number of oxazole rings is 1. The lowest BCUT2D eigenvalue weighted by atomic mass is 9.76. The van der Waals surface area contributed by atoms with Gasteiger partial charge in [-0.2, -0.15) is 0 Å². The molecule has 9 nitrogen and oxygen atoms in total. The molecule has 4 rings (SSSR count). The van der Waals surface area contributed by atoms with E-state index in [1.165, 1.54) is 4.57 Å². The minimum atomic E-state index is -0.912. The number of amides is 2. The van der Waals surface area contributed by atoms with E-state index in [2.05, 4.69) is 10.3 Å². The number of aryl methyl sites for hydroxylation is 1. The number of nitrogens with zero attached hydrogens (tertiary/aromatic N) is 3. The molecule has 3 aromatic rings. The molecule has 3 N–H and O–H groups in total. The Balaban J connectivity index is 1.48. The zero-order chi connectivity index (χ0) is 22.0. The van der Waals surface area contributed by atoms with Crippen LogP contribution in [-0.2, 0) is 21.5 Å². The van der Waals surface area contributed by atoms with Gasteiger partial charge >= 0.3 is 5.76 Å². The Bertz CT molecular complexity index is 1170. The first-order valence-electron chi connectivity index (χ1n) is 10.3. The van der Waals surface area contributed by atoms with Crippen molar-refractivity contribution in [2.24, 2.45) is 5.73 Å². The molecule has 0 radical (unpaired) electrons. The molecule has 1 aliphatic rings. The number of hydrogen-bond acceptors (Lipinski definition) is 6. The fourth-order valence-corrected chi connectivity index (χ4v) is 4.31. The lowest BCUT2D eigenvalue weighted by molar-refractivity contribution is -0.127. The lowest BCUT2D eigenvalue weighted by Crippen LogP contribution is -2.55. The number of hydrogen-bond donors (Lipinski definition) is 2. The largest absolute Gasteiger partial charge is 0.419 e. The van der Waals surface area contributed by atoms with E-state index in [1.54, 1.807) is 36.5 Å². The molecule has 2 amide bonds. The van der Waals surface area contributed by atoms with Crippen molar-refractivity contribution in [1.29, 1.82) is 0 Å². The number of aromatic nitrogens is 2. The third kappa shape index (κ3) is 3.96. The molecule has 1 fully saturated rings. The van der Waals surface area contributed by atoms with Crippen molar-refractivity contribution >= 4 is 28.6 Å². The van der Waals surface area contributed by atoms with E-state index < -0.39 is 17.1 Å². The Morgan fingerprint density at radius 2 is 2.13 bits per heavy atom. The SMILES string of the molecule is CCn1c(=O)oc2cc(NC(=O)CN3CCC[C@@](C(N)=O)(c4ccccn4)C3)ccc21. The van der Waals surface area contributed by atoms with Gasteiger partial charge in [0.2, 0.25) is 11.8 Å². The van der Waals surface area contributed by atoms with Crippen molar-refractivity contribution in [2.75, 3.05) is 25.0 Å². The van der Waals surface area contributed by atoms with Crippen LogP contribution in [0.5, 0.6) is 0 Å². The summed E-state index contributed by atoms with van der Waals surface area (Å²) in [7, 11) is 0. The van der Waals surface area contributed by atoms with Gasteiger partial charge in [0.15, 0.2) is 5.58 Å². The third-order valence-electron chi connectivity index (χ3n) is 5.83. The Labute approximate surface area is 178 Å². The van der Waals surface area contributed by atoms with Crippen molar-refractivity contribution in [3.8, 4) is 0 Å². The second-order valence-electron chi connectivity index (χ2n) is 7.82. The zero-order valence-corrected chi connectivity index (χ0v) is 17.3. The van der Waals surface area contributed by atoms with Crippen molar-refractivity contribution in [1.82, 2.24) is 14.5 Å². The quantitative estimate of drug-likeness (QED) is 0.619. The minimum absolute atomic E-state index is 0.111. The molecule has 9 heteroatoms. The number of primary amides is 1. The van der Waals surface area contributed by atoms with Crippen LogP contribution in [0.2, 0.25) is 0 Å². The van der Waals surface area contributed by atoms with E-state index in [-0.39, 0.29) is 12.5 Å². The van der Waals surface area contributed by atoms with Crippen LogP contribution in [0.25, 0.3) is 11.1 Å². The topological polar surface area (TPSA) is 123 Å². The van der Waals surface area contributed by atoms with E-state index in [4.69, 9.17) is 10.2 Å². The molecule has 3 heterocycles. The summed E-state index contributed by atoms with van der Waals surface area (Å²) in [5, 5.41) is 2.84. The molecule has 0 aliphatic carbocycles. The first-order valence-corrected chi connectivity index (χ1v) is 10.3. The molecular formula is C22H25N5O4. The number of piperidine rings is 1. The van der Waals surface area contributed by atoms with Crippen LogP contribution in [-0.4, -0.2) is 45.9 Å². The minimum Gasteiger partial charge on any atom is -0.408 e. The maximum Gasteiger partial charge on any atom is 0.419 e. The second-order valence-corrected chi connectivity index (χ2v) is 7.82. The van der Waals surface area contributed by atoms with E-state index in [1.807, 2.05) is 17.9 Å². The molecule has 31 heavy (non-hydrogen) atoms. The Kier molecular flexibility index (Phi) is 5.60. The highest BCUT2D eigenvalue weighted by Crippen LogP contribution is 2.32. The van der Waals surface area contributed by atoms with Gasteiger partial charge in [-0.1, -0.05) is 6.07 Å². The summed E-state index contributed by atoms with van der Waals surface area (Å²) in [6.07, 6.45) is 2.97. The molecule has 1 aromatic carbocycles. The number of rotatable bonds is 6. The first-order chi connectivity index (χ1) is 14.9. The highest BCUT2D eigenvalue weighted by Gasteiger charge is 2.43. The van der Waals surface area contributed by atoms with Gasteiger partial charge in [-0.05, 0) is 50.6 Å². The molecule has 1 aliphatic heterocycles. The van der Waals surface area contributed by atoms with Crippen molar-refractivity contribution in [3.63, 3.8) is 0 Å². The van der Waals surface area contributed by atoms with Gasteiger partial charge in [-0.15, -0.1) is 0 Å². The highest BCUT2D eigenvalue weighted by atomic mass is 16.4. The summed E-state index contributed by atoms with van der Waals surface area (Å²) in [4.78, 5) is 43.2. The van der Waals surface area contributed by atoms with Gasteiger partial charge in [-0.25, -0.2) is 4.79 Å². The van der Waals surface area contributed by atoms with Gasteiger partial charge < -0.3 is 15.5 Å². The number of carbonyl (C=O) groups excluding carboxylic acids is 2. The monoisotopic (exact) mass is 423 g/mol. The molecule has 1 atom stereocenters. The average Bonchev–Trinajstić information content (AvgIpc) is 3.08. The summed E-state index contributed by atoms with van der Waals surface area (Å²) < 4.78 is 6.78. The number of benzene rings is 1. The number of anilines is 1. The number of nitrogens with two attached hydrogens (primary N) is 1. The molecule has 0 spiro atoms. The zero-order valence-electron chi connectivity index (χ0n) is 17.3. The fourth-order valence-electron chi connectivity index (χ4n) is 4.31. The number of likely N-dealkylation sites (tertiary alicyclic amines) is 1. The van der Waals surface area contributed by atoms with E-state index in [9.17, 15) is 14.4 Å². The molecular weight excluding hydrogens is 398 g/mol. The van der Waals surface area contributed by atoms with Crippen LogP contribution in [0.1, 0.15) is 25.5 Å². The van der Waals surface area contributed by atoms with Gasteiger partial charge in [0.25, 0.3) is 0 Å². The predicted octanol–water partition coefficient (Wildman–Crippen LogP) is 1.47.